The van der Waals surface area contributed by atoms with Gasteiger partial charge >= 0.3 is 0 Å². The summed E-state index contributed by atoms with van der Waals surface area (Å²) in [5.74, 6) is -0.280. The van der Waals surface area contributed by atoms with Gasteiger partial charge < -0.3 is 10.2 Å². The number of likely N-dealkylation sites (N-methyl/N-ethyl adjacent to an activating group) is 1. The van der Waals surface area contributed by atoms with Crippen LogP contribution in [0.15, 0.2) is 84.9 Å². The summed E-state index contributed by atoms with van der Waals surface area (Å²) < 4.78 is 0. The average Bonchev–Trinajstić information content (AvgIpc) is 2.79. The number of hydrogen-bond acceptors (Lipinski definition) is 2. The maximum absolute atomic E-state index is 13.5. The van der Waals surface area contributed by atoms with Gasteiger partial charge in [0.1, 0.15) is 6.04 Å². The Morgan fingerprint density at radius 1 is 0.871 bits per heavy atom. The summed E-state index contributed by atoms with van der Waals surface area (Å²) in [5.41, 5.74) is 2.72. The number of nitrogens with zero attached hydrogens (tertiary/aromatic N) is 1. The van der Waals surface area contributed by atoms with Crippen LogP contribution in [-0.2, 0) is 29.0 Å². The molecule has 1 N–H and O–H groups in total. The van der Waals surface area contributed by atoms with Gasteiger partial charge in [0, 0.05) is 24.5 Å². The predicted molar refractivity (Wildman–Crippen MR) is 125 cm³/mol. The van der Waals surface area contributed by atoms with Crippen molar-refractivity contribution >= 4 is 23.4 Å². The zero-order chi connectivity index (χ0) is 22.1. The molecule has 0 radical (unpaired) electrons. The molecule has 0 heterocycles. The third kappa shape index (κ3) is 6.43. The first-order chi connectivity index (χ1) is 15.1. The highest BCUT2D eigenvalue weighted by molar-refractivity contribution is 6.31. The van der Waals surface area contributed by atoms with Gasteiger partial charge in [0.15, 0.2) is 0 Å². The minimum absolute atomic E-state index is 0.113. The van der Waals surface area contributed by atoms with E-state index in [-0.39, 0.29) is 24.8 Å². The fourth-order valence-corrected chi connectivity index (χ4v) is 3.72. The van der Waals surface area contributed by atoms with Crippen LogP contribution in [0.5, 0.6) is 0 Å². The van der Waals surface area contributed by atoms with Crippen molar-refractivity contribution in [1.29, 1.82) is 0 Å². The van der Waals surface area contributed by atoms with Crippen LogP contribution in [-0.4, -0.2) is 29.3 Å². The Morgan fingerprint density at radius 2 is 1.45 bits per heavy atom. The van der Waals surface area contributed by atoms with E-state index >= 15 is 0 Å². The molecule has 4 nitrogen and oxygen atoms in total. The summed E-state index contributed by atoms with van der Waals surface area (Å²) >= 11 is 6.40. The molecule has 0 saturated carbocycles. The Labute approximate surface area is 188 Å². The second kappa shape index (κ2) is 11.3. The molecular formula is C26H27ClN2O2. The topological polar surface area (TPSA) is 49.4 Å². The number of amides is 2. The van der Waals surface area contributed by atoms with Crippen LogP contribution < -0.4 is 5.32 Å². The highest BCUT2D eigenvalue weighted by atomic mass is 35.5. The van der Waals surface area contributed by atoms with Gasteiger partial charge in [0.05, 0.1) is 6.42 Å². The lowest BCUT2D eigenvalue weighted by Gasteiger charge is -2.32. The van der Waals surface area contributed by atoms with E-state index in [4.69, 9.17) is 11.6 Å². The van der Waals surface area contributed by atoms with E-state index < -0.39 is 6.04 Å². The number of hydrogen-bond donors (Lipinski definition) is 1. The fraction of sp³-hybridized carbons (Fsp3) is 0.231. The van der Waals surface area contributed by atoms with Crippen molar-refractivity contribution in [3.63, 3.8) is 0 Å². The highest BCUT2D eigenvalue weighted by Gasteiger charge is 2.30. The normalized spacial score (nSPS) is 11.5. The van der Waals surface area contributed by atoms with Gasteiger partial charge in [-0.15, -0.1) is 0 Å². The maximum Gasteiger partial charge on any atom is 0.243 e. The van der Waals surface area contributed by atoms with Gasteiger partial charge in [0.2, 0.25) is 11.8 Å². The van der Waals surface area contributed by atoms with E-state index in [1.165, 1.54) is 0 Å². The van der Waals surface area contributed by atoms with E-state index in [0.29, 0.717) is 18.0 Å². The predicted octanol–water partition coefficient (Wildman–Crippen LogP) is 4.66. The van der Waals surface area contributed by atoms with E-state index in [2.05, 4.69) is 5.32 Å². The van der Waals surface area contributed by atoms with Crippen molar-refractivity contribution in [3.8, 4) is 0 Å². The van der Waals surface area contributed by atoms with E-state index in [1.54, 1.807) is 11.0 Å². The largest absolute Gasteiger partial charge is 0.355 e. The van der Waals surface area contributed by atoms with Crippen LogP contribution in [0.3, 0.4) is 0 Å². The zero-order valence-corrected chi connectivity index (χ0v) is 18.4. The SMILES string of the molecule is CCNC(=O)C(Cc1ccccc1)N(Cc1ccccc1Cl)C(=O)Cc1ccccc1. The Bertz CT molecular complexity index is 993. The highest BCUT2D eigenvalue weighted by Crippen LogP contribution is 2.21. The summed E-state index contributed by atoms with van der Waals surface area (Å²) in [4.78, 5) is 28.2. The fourth-order valence-electron chi connectivity index (χ4n) is 3.53. The summed E-state index contributed by atoms with van der Waals surface area (Å²) in [6.07, 6.45) is 0.646. The van der Waals surface area contributed by atoms with Gasteiger partial charge in [-0.1, -0.05) is 90.5 Å². The molecule has 3 aromatic carbocycles. The third-order valence-corrected chi connectivity index (χ3v) is 5.49. The van der Waals surface area contributed by atoms with Gasteiger partial charge in [-0.25, -0.2) is 0 Å². The molecule has 0 aliphatic rings. The lowest BCUT2D eigenvalue weighted by atomic mass is 10.0. The van der Waals surface area contributed by atoms with E-state index in [9.17, 15) is 9.59 Å². The van der Waals surface area contributed by atoms with Crippen molar-refractivity contribution in [1.82, 2.24) is 10.2 Å². The Hall–Kier alpha value is -3.11. The number of nitrogens with one attached hydrogen (secondary N) is 1. The number of carbonyl (C=O) groups is 2. The molecule has 5 heteroatoms. The van der Waals surface area contributed by atoms with Gasteiger partial charge in [-0.2, -0.15) is 0 Å². The number of benzene rings is 3. The Balaban J connectivity index is 1.95. The molecule has 1 unspecified atom stereocenters. The maximum atomic E-state index is 13.5. The lowest BCUT2D eigenvalue weighted by molar-refractivity contribution is -0.140. The molecular weight excluding hydrogens is 408 g/mol. The molecule has 2 amide bonds. The summed E-state index contributed by atoms with van der Waals surface area (Å²) in [6, 6.07) is 26.1. The second-order valence-corrected chi connectivity index (χ2v) is 7.78. The van der Waals surface area contributed by atoms with Crippen molar-refractivity contribution in [2.75, 3.05) is 6.54 Å². The first kappa shape index (κ1) is 22.6. The van der Waals surface area contributed by atoms with Crippen molar-refractivity contribution in [3.05, 3.63) is 107 Å². The molecule has 0 fully saturated rings. The number of carbonyl (C=O) groups excluding carboxylic acids is 2. The Kier molecular flexibility index (Phi) is 8.25. The van der Waals surface area contributed by atoms with Crippen LogP contribution >= 0.6 is 11.6 Å². The quantitative estimate of drug-likeness (QED) is 0.532. The first-order valence-electron chi connectivity index (χ1n) is 10.5. The van der Waals surface area contributed by atoms with Crippen molar-refractivity contribution in [2.45, 2.75) is 32.4 Å². The van der Waals surface area contributed by atoms with Crippen LogP contribution in [0.2, 0.25) is 5.02 Å². The standard InChI is InChI=1S/C26H27ClN2O2/c1-2-28-26(31)24(17-20-11-5-3-6-12-20)29(19-22-15-9-10-16-23(22)27)25(30)18-21-13-7-4-8-14-21/h3-16,24H,2,17-19H2,1H3,(H,28,31). The molecule has 0 bridgehead atoms. The molecule has 0 spiro atoms. The van der Waals surface area contributed by atoms with Crippen molar-refractivity contribution < 1.29 is 9.59 Å². The molecule has 3 rings (SSSR count). The molecule has 0 aliphatic carbocycles. The summed E-state index contributed by atoms with van der Waals surface area (Å²) in [5, 5.41) is 3.48. The summed E-state index contributed by atoms with van der Waals surface area (Å²) in [7, 11) is 0. The lowest BCUT2D eigenvalue weighted by Crippen LogP contribution is -2.51. The van der Waals surface area contributed by atoms with Gasteiger partial charge in [-0.3, -0.25) is 9.59 Å². The molecule has 0 aliphatic heterocycles. The van der Waals surface area contributed by atoms with Crippen LogP contribution in [0, 0.1) is 0 Å². The minimum Gasteiger partial charge on any atom is -0.355 e. The minimum atomic E-state index is -0.644. The van der Waals surface area contributed by atoms with E-state index in [0.717, 1.165) is 16.7 Å². The molecule has 3 aromatic rings. The monoisotopic (exact) mass is 434 g/mol. The molecule has 160 valence electrons. The van der Waals surface area contributed by atoms with E-state index in [1.807, 2.05) is 85.8 Å². The number of halogens is 1. The molecule has 0 aromatic heterocycles. The number of rotatable bonds is 9. The van der Waals surface area contributed by atoms with Crippen molar-refractivity contribution in [2.24, 2.45) is 0 Å². The third-order valence-electron chi connectivity index (χ3n) is 5.12. The summed E-state index contributed by atoms with van der Waals surface area (Å²) in [6.45, 7) is 2.64. The Morgan fingerprint density at radius 3 is 2.06 bits per heavy atom. The first-order valence-corrected chi connectivity index (χ1v) is 10.8. The van der Waals surface area contributed by atoms with Crippen LogP contribution in [0.1, 0.15) is 23.6 Å². The smallest absolute Gasteiger partial charge is 0.243 e. The average molecular weight is 435 g/mol. The van der Waals surface area contributed by atoms with Gasteiger partial charge in [-0.05, 0) is 29.7 Å². The molecule has 1 atom stereocenters. The molecule has 0 saturated heterocycles. The van der Waals surface area contributed by atoms with Gasteiger partial charge in [0.25, 0.3) is 0 Å². The van der Waals surface area contributed by atoms with Crippen LogP contribution in [0.25, 0.3) is 0 Å². The second-order valence-electron chi connectivity index (χ2n) is 7.38. The zero-order valence-electron chi connectivity index (χ0n) is 17.6. The molecule has 31 heavy (non-hydrogen) atoms. The van der Waals surface area contributed by atoms with Crippen LogP contribution in [0.4, 0.5) is 0 Å².